The van der Waals surface area contributed by atoms with Gasteiger partial charge in [0.05, 0.1) is 23.5 Å². The van der Waals surface area contributed by atoms with Gasteiger partial charge in [0.25, 0.3) is 5.91 Å². The monoisotopic (exact) mass is 608 g/mol. The van der Waals surface area contributed by atoms with Crippen molar-refractivity contribution in [3.05, 3.63) is 124 Å². The van der Waals surface area contributed by atoms with Crippen LogP contribution >= 0.6 is 11.6 Å². The molecule has 5 aromatic rings. The summed E-state index contributed by atoms with van der Waals surface area (Å²) in [5.41, 5.74) is 4.10. The maximum atomic E-state index is 13.8. The number of rotatable bonds is 8. The number of amides is 2. The highest BCUT2D eigenvalue weighted by molar-refractivity contribution is 6.30. The molecule has 0 fully saturated rings. The topological polar surface area (TPSA) is 148 Å². The number of hydrogen-bond donors (Lipinski definition) is 2. The van der Waals surface area contributed by atoms with E-state index >= 15 is 0 Å². The average Bonchev–Trinajstić information content (AvgIpc) is 3.70. The summed E-state index contributed by atoms with van der Waals surface area (Å²) < 4.78 is 3.23. The molecule has 0 bridgehead atoms. The molecule has 2 aromatic heterocycles. The second kappa shape index (κ2) is 12.3. The molecule has 0 saturated carbocycles. The number of anilines is 1. The molecule has 220 valence electrons. The van der Waals surface area contributed by atoms with Crippen molar-refractivity contribution in [1.82, 2.24) is 34.9 Å². The molecule has 3 aromatic carbocycles. The molecule has 2 N–H and O–H groups in total. The van der Waals surface area contributed by atoms with Gasteiger partial charge in [-0.15, -0.1) is 5.10 Å². The number of tetrazole rings is 1. The number of nitrogens with one attached hydrogen (secondary N) is 1. The van der Waals surface area contributed by atoms with E-state index in [1.54, 1.807) is 35.2 Å². The Morgan fingerprint density at radius 2 is 1.84 bits per heavy atom. The first-order valence-corrected chi connectivity index (χ1v) is 14.0. The third kappa shape index (κ3) is 6.10. The van der Waals surface area contributed by atoms with Gasteiger partial charge in [-0.3, -0.25) is 14.3 Å². The van der Waals surface area contributed by atoms with Gasteiger partial charge in [-0.2, -0.15) is 9.78 Å². The highest BCUT2D eigenvalue weighted by Gasteiger charge is 2.37. The molecular weight excluding hydrogens is 584 g/mol. The zero-order valence-electron chi connectivity index (χ0n) is 23.1. The molecule has 0 saturated heterocycles. The van der Waals surface area contributed by atoms with Gasteiger partial charge in [-0.1, -0.05) is 41.9 Å². The van der Waals surface area contributed by atoms with Crippen LogP contribution < -0.4 is 5.32 Å². The molecule has 12 nitrogen and oxygen atoms in total. The summed E-state index contributed by atoms with van der Waals surface area (Å²) in [5.74, 6) is -1.92. The van der Waals surface area contributed by atoms with Crippen LogP contribution in [0.15, 0.2) is 91.4 Å². The quantitative estimate of drug-likeness (QED) is 0.251. The van der Waals surface area contributed by atoms with Gasteiger partial charge in [0.1, 0.15) is 12.4 Å². The lowest BCUT2D eigenvalue weighted by molar-refractivity contribution is -0.135. The summed E-state index contributed by atoms with van der Waals surface area (Å²) in [6.45, 7) is 0.755. The molecule has 13 heteroatoms. The number of carbonyl (C=O) groups excluding carboxylic acids is 2. The van der Waals surface area contributed by atoms with Crippen molar-refractivity contribution in [1.29, 1.82) is 0 Å². The van der Waals surface area contributed by atoms with Crippen molar-refractivity contribution >= 4 is 41.1 Å². The fraction of sp³-hybridized carbons (Fsp3) is 0.129. The predicted octanol–water partition coefficient (Wildman–Crippen LogP) is 4.04. The first-order valence-electron chi connectivity index (χ1n) is 13.6. The molecule has 44 heavy (non-hydrogen) atoms. The van der Waals surface area contributed by atoms with E-state index in [1.165, 1.54) is 46.3 Å². The number of fused-ring (bicyclic) bond motifs is 1. The summed E-state index contributed by atoms with van der Waals surface area (Å²) in [6, 6.07) is 19.8. The van der Waals surface area contributed by atoms with Gasteiger partial charge >= 0.3 is 5.97 Å². The average molecular weight is 609 g/mol. The van der Waals surface area contributed by atoms with Gasteiger partial charge in [-0.05, 0) is 64.5 Å². The van der Waals surface area contributed by atoms with Crippen LogP contribution in [0.4, 0.5) is 5.69 Å². The minimum absolute atomic E-state index is 0.0918. The summed E-state index contributed by atoms with van der Waals surface area (Å²) in [5, 5.41) is 28.6. The second-order valence-electron chi connectivity index (χ2n) is 10.1. The minimum Gasteiger partial charge on any atom is -0.478 e. The Morgan fingerprint density at radius 1 is 1.05 bits per heavy atom. The molecule has 0 spiro atoms. The molecule has 2 amide bonds. The van der Waals surface area contributed by atoms with E-state index in [0.717, 1.165) is 11.3 Å². The number of aromatic carboxylic acids is 1. The smallest absolute Gasteiger partial charge is 0.335 e. The lowest BCUT2D eigenvalue weighted by Gasteiger charge is -2.33. The van der Waals surface area contributed by atoms with Gasteiger partial charge in [-0.25, -0.2) is 4.79 Å². The molecule has 0 aliphatic carbocycles. The van der Waals surface area contributed by atoms with E-state index in [9.17, 15) is 19.5 Å². The van der Waals surface area contributed by atoms with Gasteiger partial charge in [0.2, 0.25) is 5.91 Å². The Balaban J connectivity index is 1.31. The van der Waals surface area contributed by atoms with Crippen LogP contribution in [0.5, 0.6) is 0 Å². The maximum Gasteiger partial charge on any atom is 0.335 e. The highest BCUT2D eigenvalue weighted by Crippen LogP contribution is 2.31. The van der Waals surface area contributed by atoms with Crippen molar-refractivity contribution in [2.24, 2.45) is 0 Å². The maximum absolute atomic E-state index is 13.8. The Morgan fingerprint density at radius 3 is 2.57 bits per heavy atom. The second-order valence-corrected chi connectivity index (χ2v) is 10.5. The van der Waals surface area contributed by atoms with Crippen molar-refractivity contribution in [2.75, 3.05) is 11.9 Å². The molecular formula is C31H25ClN8O4. The minimum atomic E-state index is -1.07. The molecule has 3 heterocycles. The Bertz CT molecular complexity index is 1850. The van der Waals surface area contributed by atoms with E-state index in [0.29, 0.717) is 40.5 Å². The van der Waals surface area contributed by atoms with Crippen molar-refractivity contribution < 1.29 is 19.5 Å². The summed E-state index contributed by atoms with van der Waals surface area (Å²) in [4.78, 5) is 40.3. The summed E-state index contributed by atoms with van der Waals surface area (Å²) in [7, 11) is 0. The zero-order chi connectivity index (χ0) is 30.6. The number of nitrogens with zero attached hydrogens (tertiary/aromatic N) is 7. The van der Waals surface area contributed by atoms with Crippen LogP contribution in [0.1, 0.15) is 38.8 Å². The van der Waals surface area contributed by atoms with Gasteiger partial charge < -0.3 is 15.3 Å². The fourth-order valence-electron chi connectivity index (χ4n) is 5.10. The van der Waals surface area contributed by atoms with Crippen LogP contribution in [0.25, 0.3) is 11.8 Å². The first kappa shape index (κ1) is 28.5. The van der Waals surface area contributed by atoms with Crippen LogP contribution in [0, 0.1) is 0 Å². The highest BCUT2D eigenvalue weighted by atomic mass is 35.5. The SMILES string of the molecule is O=C(O)c1ccc(NC(=O)C2c3cn(Cc4ccccc4)nc3CCN2C(=O)/C=C/c2cc(Cl)ccc2-n2cnnn2)cc1. The number of halogens is 1. The molecule has 1 atom stereocenters. The number of hydrogen-bond acceptors (Lipinski definition) is 7. The number of carboxylic acids is 1. The normalized spacial score (nSPS) is 14.4. The third-order valence-corrected chi connectivity index (χ3v) is 7.41. The van der Waals surface area contributed by atoms with Crippen LogP contribution in [0.2, 0.25) is 5.02 Å². The molecule has 1 unspecified atom stereocenters. The predicted molar refractivity (Wildman–Crippen MR) is 161 cm³/mol. The standard InChI is InChI=1S/C31H25ClN8O4/c32-23-9-12-27(40-19-33-36-37-40)22(16-23)8-13-28(41)39-15-14-26-25(18-38(35-26)17-20-4-2-1-3-5-20)29(39)30(42)34-24-10-6-21(7-11-24)31(43)44/h1-13,16,18-19,29H,14-15,17H2,(H,34,42)(H,43,44)/b13-8+. The third-order valence-electron chi connectivity index (χ3n) is 7.18. The van der Waals surface area contributed by atoms with Gasteiger partial charge in [0, 0.05) is 47.1 Å². The fourth-order valence-corrected chi connectivity index (χ4v) is 5.28. The Kier molecular flexibility index (Phi) is 7.98. The summed E-state index contributed by atoms with van der Waals surface area (Å²) >= 11 is 6.24. The number of carboxylic acid groups (broad SMARTS) is 1. The molecule has 1 aliphatic rings. The van der Waals surface area contributed by atoms with E-state index in [1.807, 2.05) is 30.3 Å². The van der Waals surface area contributed by atoms with Crippen LogP contribution in [-0.2, 0) is 22.6 Å². The van der Waals surface area contributed by atoms with E-state index in [-0.39, 0.29) is 12.1 Å². The molecule has 1 aliphatic heterocycles. The Hall–Kier alpha value is -5.62. The van der Waals surface area contributed by atoms with Crippen molar-refractivity contribution in [3.8, 4) is 5.69 Å². The largest absolute Gasteiger partial charge is 0.478 e. The van der Waals surface area contributed by atoms with Crippen molar-refractivity contribution in [2.45, 2.75) is 19.0 Å². The Labute approximate surface area is 256 Å². The van der Waals surface area contributed by atoms with E-state index in [4.69, 9.17) is 16.7 Å². The zero-order valence-corrected chi connectivity index (χ0v) is 23.9. The van der Waals surface area contributed by atoms with E-state index < -0.39 is 23.8 Å². The van der Waals surface area contributed by atoms with E-state index in [2.05, 4.69) is 20.8 Å². The lowest BCUT2D eigenvalue weighted by atomic mass is 9.97. The lowest BCUT2D eigenvalue weighted by Crippen LogP contribution is -2.44. The van der Waals surface area contributed by atoms with Crippen molar-refractivity contribution in [3.63, 3.8) is 0 Å². The van der Waals surface area contributed by atoms with Crippen LogP contribution in [0.3, 0.4) is 0 Å². The molecule has 0 radical (unpaired) electrons. The van der Waals surface area contributed by atoms with Gasteiger partial charge in [0.15, 0.2) is 0 Å². The summed E-state index contributed by atoms with van der Waals surface area (Å²) in [6.07, 6.45) is 6.70. The number of benzene rings is 3. The van der Waals surface area contributed by atoms with Crippen LogP contribution in [-0.4, -0.2) is 64.3 Å². The first-order chi connectivity index (χ1) is 21.4. The number of carbonyl (C=O) groups is 3. The molecule has 6 rings (SSSR count). The number of aromatic nitrogens is 6.